The minimum absolute atomic E-state index is 0.130. The molecule has 0 bridgehead atoms. The van der Waals surface area contributed by atoms with Gasteiger partial charge < -0.3 is 15.7 Å². The predicted octanol–water partition coefficient (Wildman–Crippen LogP) is 2.26. The summed E-state index contributed by atoms with van der Waals surface area (Å²) in [4.78, 5) is 26.6. The van der Waals surface area contributed by atoms with Crippen LogP contribution < -0.4 is 10.6 Å². The highest BCUT2D eigenvalue weighted by Gasteiger charge is 2.20. The van der Waals surface area contributed by atoms with Gasteiger partial charge in [-0.25, -0.2) is 9.59 Å². The van der Waals surface area contributed by atoms with Crippen LogP contribution in [0.3, 0.4) is 0 Å². The summed E-state index contributed by atoms with van der Waals surface area (Å²) < 4.78 is 0. The van der Waals surface area contributed by atoms with Gasteiger partial charge in [0.15, 0.2) is 0 Å². The number of carbonyl (C=O) groups is 2. The van der Waals surface area contributed by atoms with E-state index in [0.29, 0.717) is 18.2 Å². The molecule has 0 saturated carbocycles. The Morgan fingerprint density at radius 1 is 1.33 bits per heavy atom. The van der Waals surface area contributed by atoms with Crippen LogP contribution in [0.2, 0.25) is 0 Å². The number of amides is 2. The Kier molecular flexibility index (Phi) is 5.69. The standard InChI is InChI=1S/C15H23N3O3/c1-10(15(2,3)4)8-17-14(21)18-9-12-7-11(13(19)20)5-6-16-12/h5-7,10H,8-9H2,1-4H3,(H,19,20)(H2,17,18,21). The third-order valence-corrected chi connectivity index (χ3v) is 3.54. The van der Waals surface area contributed by atoms with Crippen molar-refractivity contribution in [3.63, 3.8) is 0 Å². The Bertz CT molecular complexity index is 509. The maximum Gasteiger partial charge on any atom is 0.335 e. The van der Waals surface area contributed by atoms with Gasteiger partial charge in [-0.05, 0) is 23.5 Å². The number of aromatic carboxylic acids is 1. The number of hydrogen-bond acceptors (Lipinski definition) is 3. The summed E-state index contributed by atoms with van der Waals surface area (Å²) in [5.74, 6) is -0.668. The maximum absolute atomic E-state index is 11.7. The van der Waals surface area contributed by atoms with Gasteiger partial charge in [-0.3, -0.25) is 4.98 Å². The quantitative estimate of drug-likeness (QED) is 0.776. The van der Waals surface area contributed by atoms with Crippen molar-refractivity contribution in [2.24, 2.45) is 11.3 Å². The van der Waals surface area contributed by atoms with Crippen molar-refractivity contribution in [1.82, 2.24) is 15.6 Å². The van der Waals surface area contributed by atoms with Crippen LogP contribution in [0.25, 0.3) is 0 Å². The van der Waals surface area contributed by atoms with Crippen molar-refractivity contribution < 1.29 is 14.7 Å². The Morgan fingerprint density at radius 2 is 2.00 bits per heavy atom. The average molecular weight is 293 g/mol. The number of aromatic nitrogens is 1. The van der Waals surface area contributed by atoms with Crippen LogP contribution in [0.5, 0.6) is 0 Å². The van der Waals surface area contributed by atoms with E-state index >= 15 is 0 Å². The number of rotatable bonds is 5. The summed E-state index contributed by atoms with van der Waals surface area (Å²) >= 11 is 0. The lowest BCUT2D eigenvalue weighted by Gasteiger charge is -2.27. The van der Waals surface area contributed by atoms with E-state index in [1.54, 1.807) is 0 Å². The zero-order chi connectivity index (χ0) is 16.0. The summed E-state index contributed by atoms with van der Waals surface area (Å²) in [5.41, 5.74) is 0.794. The van der Waals surface area contributed by atoms with Crippen LogP contribution in [-0.4, -0.2) is 28.6 Å². The molecule has 1 aromatic rings. The van der Waals surface area contributed by atoms with E-state index in [1.165, 1.54) is 18.3 Å². The molecule has 0 fully saturated rings. The first-order valence-corrected chi connectivity index (χ1v) is 6.90. The van der Waals surface area contributed by atoms with Crippen LogP contribution in [0.4, 0.5) is 4.79 Å². The molecule has 1 aromatic heterocycles. The van der Waals surface area contributed by atoms with Gasteiger partial charge in [-0.2, -0.15) is 0 Å². The van der Waals surface area contributed by atoms with Crippen molar-refractivity contribution in [2.45, 2.75) is 34.2 Å². The Morgan fingerprint density at radius 3 is 2.57 bits per heavy atom. The molecular formula is C15H23N3O3. The molecule has 0 aromatic carbocycles. The van der Waals surface area contributed by atoms with Crippen LogP contribution in [0, 0.1) is 11.3 Å². The molecule has 21 heavy (non-hydrogen) atoms. The van der Waals surface area contributed by atoms with Gasteiger partial charge >= 0.3 is 12.0 Å². The van der Waals surface area contributed by atoms with Crippen molar-refractivity contribution in [1.29, 1.82) is 0 Å². The van der Waals surface area contributed by atoms with Crippen molar-refractivity contribution in [3.8, 4) is 0 Å². The highest BCUT2D eigenvalue weighted by atomic mass is 16.4. The number of urea groups is 1. The average Bonchev–Trinajstić information content (AvgIpc) is 2.41. The molecular weight excluding hydrogens is 270 g/mol. The summed E-state index contributed by atoms with van der Waals surface area (Å²) in [6, 6.07) is 2.57. The van der Waals surface area contributed by atoms with Gasteiger partial charge in [0, 0.05) is 12.7 Å². The Labute approximate surface area is 125 Å². The van der Waals surface area contributed by atoms with Crippen LogP contribution in [0.15, 0.2) is 18.3 Å². The number of carbonyl (C=O) groups excluding carboxylic acids is 1. The minimum atomic E-state index is -1.01. The molecule has 0 aliphatic carbocycles. The molecule has 1 heterocycles. The molecule has 1 rings (SSSR count). The van der Waals surface area contributed by atoms with E-state index < -0.39 is 5.97 Å². The number of pyridine rings is 1. The van der Waals surface area contributed by atoms with Gasteiger partial charge in [-0.1, -0.05) is 27.7 Å². The molecule has 0 aliphatic heterocycles. The molecule has 116 valence electrons. The van der Waals surface area contributed by atoms with E-state index in [1.807, 2.05) is 0 Å². The second-order valence-corrected chi connectivity index (χ2v) is 6.17. The number of hydrogen-bond donors (Lipinski definition) is 3. The molecule has 6 nitrogen and oxygen atoms in total. The molecule has 0 saturated heterocycles. The smallest absolute Gasteiger partial charge is 0.335 e. The summed E-state index contributed by atoms with van der Waals surface area (Å²) in [5, 5.41) is 14.3. The highest BCUT2D eigenvalue weighted by molar-refractivity contribution is 5.87. The summed E-state index contributed by atoms with van der Waals surface area (Å²) in [7, 11) is 0. The fraction of sp³-hybridized carbons (Fsp3) is 0.533. The van der Waals surface area contributed by atoms with Gasteiger partial charge in [0.2, 0.25) is 0 Å². The lowest BCUT2D eigenvalue weighted by molar-refractivity contribution is 0.0696. The minimum Gasteiger partial charge on any atom is -0.478 e. The Balaban J connectivity index is 2.43. The third-order valence-electron chi connectivity index (χ3n) is 3.54. The van der Waals surface area contributed by atoms with E-state index in [9.17, 15) is 9.59 Å². The fourth-order valence-electron chi connectivity index (χ4n) is 1.49. The number of nitrogens with zero attached hydrogens (tertiary/aromatic N) is 1. The molecule has 0 aliphatic rings. The highest BCUT2D eigenvalue weighted by Crippen LogP contribution is 2.24. The van der Waals surface area contributed by atoms with Gasteiger partial charge in [0.1, 0.15) is 0 Å². The lowest BCUT2D eigenvalue weighted by Crippen LogP contribution is -2.40. The largest absolute Gasteiger partial charge is 0.478 e. The number of carboxylic acids is 1. The summed E-state index contributed by atoms with van der Waals surface area (Å²) in [6.07, 6.45) is 1.42. The molecule has 3 N–H and O–H groups in total. The maximum atomic E-state index is 11.7. The Hall–Kier alpha value is -2.11. The summed E-state index contributed by atoms with van der Waals surface area (Å²) in [6.45, 7) is 9.22. The fourth-order valence-corrected chi connectivity index (χ4v) is 1.49. The van der Waals surface area contributed by atoms with Crippen molar-refractivity contribution >= 4 is 12.0 Å². The predicted molar refractivity (Wildman–Crippen MR) is 80.1 cm³/mol. The first-order chi connectivity index (χ1) is 9.70. The lowest BCUT2D eigenvalue weighted by atomic mass is 9.82. The second kappa shape index (κ2) is 7.06. The topological polar surface area (TPSA) is 91.3 Å². The molecule has 6 heteroatoms. The first kappa shape index (κ1) is 16.9. The molecule has 1 atom stereocenters. The monoisotopic (exact) mass is 293 g/mol. The van der Waals surface area contributed by atoms with Gasteiger partial charge in [0.25, 0.3) is 0 Å². The third kappa shape index (κ3) is 5.81. The van der Waals surface area contributed by atoms with E-state index in [2.05, 4.69) is 43.3 Å². The van der Waals surface area contributed by atoms with Gasteiger partial charge in [0.05, 0.1) is 17.8 Å². The second-order valence-electron chi connectivity index (χ2n) is 6.17. The van der Waals surface area contributed by atoms with Crippen LogP contribution in [-0.2, 0) is 6.54 Å². The van der Waals surface area contributed by atoms with Crippen LogP contribution in [0.1, 0.15) is 43.7 Å². The number of nitrogens with one attached hydrogen (secondary N) is 2. The zero-order valence-electron chi connectivity index (χ0n) is 12.9. The number of carboxylic acid groups (broad SMARTS) is 1. The zero-order valence-corrected chi connectivity index (χ0v) is 12.9. The molecule has 1 unspecified atom stereocenters. The van der Waals surface area contributed by atoms with Crippen molar-refractivity contribution in [2.75, 3.05) is 6.54 Å². The SMILES string of the molecule is CC(CNC(=O)NCc1cc(C(=O)O)ccn1)C(C)(C)C. The van der Waals surface area contributed by atoms with E-state index in [0.717, 1.165) is 0 Å². The first-order valence-electron chi connectivity index (χ1n) is 6.90. The molecule has 0 radical (unpaired) electrons. The molecule has 0 spiro atoms. The van der Waals surface area contributed by atoms with E-state index in [4.69, 9.17) is 5.11 Å². The normalized spacial score (nSPS) is 12.6. The van der Waals surface area contributed by atoms with Crippen LogP contribution >= 0.6 is 0 Å². The molecule has 2 amide bonds. The van der Waals surface area contributed by atoms with E-state index in [-0.39, 0.29) is 23.6 Å². The van der Waals surface area contributed by atoms with Gasteiger partial charge in [-0.15, -0.1) is 0 Å². The van der Waals surface area contributed by atoms with Crippen molar-refractivity contribution in [3.05, 3.63) is 29.6 Å².